The van der Waals surface area contributed by atoms with Crippen molar-refractivity contribution >= 4 is 17.5 Å². The molecule has 0 aromatic heterocycles. The minimum atomic E-state index is -0.353. The van der Waals surface area contributed by atoms with Crippen molar-refractivity contribution in [2.75, 3.05) is 5.32 Å². The molecule has 2 unspecified atom stereocenters. The first-order chi connectivity index (χ1) is 8.06. The smallest absolute Gasteiger partial charge is 0.227 e. The molecular formula is C13H16N2O2. The third-order valence-corrected chi connectivity index (χ3v) is 3.05. The van der Waals surface area contributed by atoms with Crippen LogP contribution in [0.25, 0.3) is 0 Å². The average molecular weight is 232 g/mol. The standard InChI is InChI=1S/C13H16N2O2/c1-8-6-11(8)13(17)15-10-4-2-9(3-5-10)7-12(14)16/h2-5,8,11H,6-7H2,1H3,(H2,14,16)(H,15,17). The lowest BCUT2D eigenvalue weighted by molar-refractivity contribution is -0.118. The summed E-state index contributed by atoms with van der Waals surface area (Å²) in [5, 5.41) is 2.86. The summed E-state index contributed by atoms with van der Waals surface area (Å²) in [6, 6.07) is 7.19. The van der Waals surface area contributed by atoms with Gasteiger partial charge in [-0.05, 0) is 30.0 Å². The Labute approximate surface area is 100 Å². The van der Waals surface area contributed by atoms with E-state index in [2.05, 4.69) is 12.2 Å². The summed E-state index contributed by atoms with van der Waals surface area (Å²) in [7, 11) is 0. The van der Waals surface area contributed by atoms with Crippen LogP contribution in [0.1, 0.15) is 18.9 Å². The average Bonchev–Trinajstić information content (AvgIpc) is 2.98. The highest BCUT2D eigenvalue weighted by Gasteiger charge is 2.38. The third kappa shape index (κ3) is 3.06. The summed E-state index contributed by atoms with van der Waals surface area (Å²) in [5.74, 6) is 0.401. The van der Waals surface area contributed by atoms with Crippen LogP contribution in [0.4, 0.5) is 5.69 Å². The van der Waals surface area contributed by atoms with Crippen LogP contribution in [0.15, 0.2) is 24.3 Å². The van der Waals surface area contributed by atoms with E-state index in [0.29, 0.717) is 5.92 Å². The number of rotatable bonds is 4. The van der Waals surface area contributed by atoms with Crippen LogP contribution < -0.4 is 11.1 Å². The van der Waals surface area contributed by atoms with E-state index in [1.807, 2.05) is 0 Å². The van der Waals surface area contributed by atoms with Gasteiger partial charge in [0, 0.05) is 11.6 Å². The lowest BCUT2D eigenvalue weighted by Crippen LogP contribution is -2.15. The molecule has 3 N–H and O–H groups in total. The van der Waals surface area contributed by atoms with Crippen molar-refractivity contribution in [2.45, 2.75) is 19.8 Å². The quantitative estimate of drug-likeness (QED) is 0.821. The minimum Gasteiger partial charge on any atom is -0.369 e. The molecule has 1 aliphatic rings. The van der Waals surface area contributed by atoms with Gasteiger partial charge < -0.3 is 11.1 Å². The molecule has 90 valence electrons. The molecular weight excluding hydrogens is 216 g/mol. The van der Waals surface area contributed by atoms with Crippen LogP contribution in [0.2, 0.25) is 0 Å². The Morgan fingerprint density at radius 1 is 1.35 bits per heavy atom. The number of amides is 2. The Kier molecular flexibility index (Phi) is 3.13. The van der Waals surface area contributed by atoms with Crippen LogP contribution in [0, 0.1) is 11.8 Å². The minimum absolute atomic E-state index is 0.0835. The number of hydrogen-bond donors (Lipinski definition) is 2. The van der Waals surface area contributed by atoms with Crippen molar-refractivity contribution in [1.29, 1.82) is 0 Å². The van der Waals surface area contributed by atoms with Gasteiger partial charge >= 0.3 is 0 Å². The van der Waals surface area contributed by atoms with Gasteiger partial charge in [-0.3, -0.25) is 9.59 Å². The number of carbonyl (C=O) groups excluding carboxylic acids is 2. The van der Waals surface area contributed by atoms with Crippen molar-refractivity contribution in [3.63, 3.8) is 0 Å². The summed E-state index contributed by atoms with van der Waals surface area (Å²) in [6.07, 6.45) is 1.21. The summed E-state index contributed by atoms with van der Waals surface area (Å²) in [5.41, 5.74) is 6.72. The van der Waals surface area contributed by atoms with Gasteiger partial charge in [0.1, 0.15) is 0 Å². The van der Waals surface area contributed by atoms with E-state index in [9.17, 15) is 9.59 Å². The maximum absolute atomic E-state index is 11.7. The van der Waals surface area contributed by atoms with Gasteiger partial charge in [0.05, 0.1) is 6.42 Å². The van der Waals surface area contributed by atoms with E-state index in [0.717, 1.165) is 17.7 Å². The van der Waals surface area contributed by atoms with Crippen LogP contribution >= 0.6 is 0 Å². The van der Waals surface area contributed by atoms with E-state index in [-0.39, 0.29) is 24.2 Å². The van der Waals surface area contributed by atoms with Gasteiger partial charge in [0.15, 0.2) is 0 Å². The Balaban J connectivity index is 1.93. The molecule has 4 heteroatoms. The molecule has 0 bridgehead atoms. The molecule has 1 aliphatic carbocycles. The maximum Gasteiger partial charge on any atom is 0.227 e. The van der Waals surface area contributed by atoms with Gasteiger partial charge in [-0.2, -0.15) is 0 Å². The van der Waals surface area contributed by atoms with E-state index in [1.54, 1.807) is 24.3 Å². The predicted molar refractivity (Wildman–Crippen MR) is 65.2 cm³/mol. The summed E-state index contributed by atoms with van der Waals surface area (Å²) in [4.78, 5) is 22.4. The molecule has 0 saturated heterocycles. The fourth-order valence-corrected chi connectivity index (χ4v) is 1.83. The normalized spacial score (nSPS) is 21.9. The van der Waals surface area contributed by atoms with Crippen molar-refractivity contribution in [3.8, 4) is 0 Å². The molecule has 0 heterocycles. The van der Waals surface area contributed by atoms with E-state index in [4.69, 9.17) is 5.73 Å². The Bertz CT molecular complexity index is 439. The molecule has 1 saturated carbocycles. The fourth-order valence-electron chi connectivity index (χ4n) is 1.83. The molecule has 4 nitrogen and oxygen atoms in total. The van der Waals surface area contributed by atoms with Crippen molar-refractivity contribution in [2.24, 2.45) is 17.6 Å². The first kappa shape index (κ1) is 11.6. The lowest BCUT2D eigenvalue weighted by Gasteiger charge is -2.05. The van der Waals surface area contributed by atoms with Crippen LogP contribution in [0.5, 0.6) is 0 Å². The number of benzene rings is 1. The zero-order valence-electron chi connectivity index (χ0n) is 9.77. The highest BCUT2D eigenvalue weighted by atomic mass is 16.2. The summed E-state index contributed by atoms with van der Waals surface area (Å²) < 4.78 is 0. The van der Waals surface area contributed by atoms with Gasteiger partial charge in [0.2, 0.25) is 11.8 Å². The van der Waals surface area contributed by atoms with Crippen molar-refractivity contribution in [1.82, 2.24) is 0 Å². The number of anilines is 1. The highest BCUT2D eigenvalue weighted by Crippen LogP contribution is 2.38. The second-order valence-electron chi connectivity index (χ2n) is 4.65. The molecule has 17 heavy (non-hydrogen) atoms. The molecule has 0 spiro atoms. The van der Waals surface area contributed by atoms with E-state index < -0.39 is 0 Å². The van der Waals surface area contributed by atoms with Gasteiger partial charge in [-0.1, -0.05) is 19.1 Å². The van der Waals surface area contributed by atoms with Gasteiger partial charge in [-0.15, -0.1) is 0 Å². The van der Waals surface area contributed by atoms with Crippen LogP contribution in [0.3, 0.4) is 0 Å². The molecule has 1 aromatic rings. The first-order valence-corrected chi connectivity index (χ1v) is 5.74. The van der Waals surface area contributed by atoms with Gasteiger partial charge in [-0.25, -0.2) is 0 Å². The maximum atomic E-state index is 11.7. The van der Waals surface area contributed by atoms with Crippen LogP contribution in [-0.4, -0.2) is 11.8 Å². The first-order valence-electron chi connectivity index (χ1n) is 5.74. The zero-order chi connectivity index (χ0) is 12.4. The molecule has 0 aliphatic heterocycles. The number of hydrogen-bond acceptors (Lipinski definition) is 2. The highest BCUT2D eigenvalue weighted by molar-refractivity contribution is 5.94. The fraction of sp³-hybridized carbons (Fsp3) is 0.385. The third-order valence-electron chi connectivity index (χ3n) is 3.05. The molecule has 2 rings (SSSR count). The number of nitrogens with two attached hydrogens (primary N) is 1. The topological polar surface area (TPSA) is 72.2 Å². The summed E-state index contributed by atoms with van der Waals surface area (Å²) >= 11 is 0. The zero-order valence-corrected chi connectivity index (χ0v) is 9.77. The Hall–Kier alpha value is -1.84. The largest absolute Gasteiger partial charge is 0.369 e. The second kappa shape index (κ2) is 4.57. The Morgan fingerprint density at radius 3 is 2.41 bits per heavy atom. The number of carbonyl (C=O) groups is 2. The van der Waals surface area contributed by atoms with Crippen molar-refractivity contribution in [3.05, 3.63) is 29.8 Å². The van der Waals surface area contributed by atoms with Crippen molar-refractivity contribution < 1.29 is 9.59 Å². The number of nitrogens with one attached hydrogen (secondary N) is 1. The number of primary amides is 1. The molecule has 2 atom stereocenters. The van der Waals surface area contributed by atoms with E-state index in [1.165, 1.54) is 0 Å². The summed E-state index contributed by atoms with van der Waals surface area (Å²) in [6.45, 7) is 2.07. The molecule has 0 radical (unpaired) electrons. The SMILES string of the molecule is CC1CC1C(=O)Nc1ccc(CC(N)=O)cc1. The van der Waals surface area contributed by atoms with Crippen LogP contribution in [-0.2, 0) is 16.0 Å². The molecule has 1 fully saturated rings. The molecule has 1 aromatic carbocycles. The molecule has 2 amide bonds. The predicted octanol–water partition coefficient (Wildman–Crippen LogP) is 1.31. The van der Waals surface area contributed by atoms with Gasteiger partial charge in [0.25, 0.3) is 0 Å². The monoisotopic (exact) mass is 232 g/mol. The van der Waals surface area contributed by atoms with E-state index >= 15 is 0 Å². The Morgan fingerprint density at radius 2 is 1.94 bits per heavy atom. The lowest BCUT2D eigenvalue weighted by atomic mass is 10.1. The second-order valence-corrected chi connectivity index (χ2v) is 4.65.